The molecule has 0 saturated heterocycles. The first-order valence-corrected chi connectivity index (χ1v) is 6.54. The third-order valence-electron chi connectivity index (χ3n) is 3.03. The second-order valence-electron chi connectivity index (χ2n) is 5.94. The van der Waals surface area contributed by atoms with Gasteiger partial charge in [-0.15, -0.1) is 0 Å². The molecular weight excluding hydrogens is 256 g/mol. The minimum absolute atomic E-state index is 0.378. The Morgan fingerprint density at radius 3 is 2.25 bits per heavy atom. The average molecular weight is 278 g/mol. The lowest BCUT2D eigenvalue weighted by molar-refractivity contribution is -0.145. The van der Waals surface area contributed by atoms with Crippen molar-refractivity contribution < 1.29 is 14.7 Å². The molecule has 0 radical (unpaired) electrons. The van der Waals surface area contributed by atoms with Crippen LogP contribution in [0.1, 0.15) is 26.3 Å². The molecule has 5 nitrogen and oxygen atoms in total. The number of benzene rings is 1. The topological polar surface area (TPSA) is 92.4 Å². The third kappa shape index (κ3) is 4.66. The summed E-state index contributed by atoms with van der Waals surface area (Å²) < 4.78 is 0. The van der Waals surface area contributed by atoms with Crippen molar-refractivity contribution in [3.63, 3.8) is 0 Å². The molecule has 1 rings (SSSR count). The van der Waals surface area contributed by atoms with Gasteiger partial charge in [-0.3, -0.25) is 4.79 Å². The van der Waals surface area contributed by atoms with E-state index in [0.717, 1.165) is 5.56 Å². The van der Waals surface area contributed by atoms with Crippen LogP contribution < -0.4 is 11.1 Å². The number of carbonyl (C=O) groups is 2. The summed E-state index contributed by atoms with van der Waals surface area (Å²) in [5, 5.41) is 11.7. The van der Waals surface area contributed by atoms with Crippen LogP contribution in [0.5, 0.6) is 0 Å². The Balaban J connectivity index is 2.67. The Bertz CT molecular complexity index is 466. The van der Waals surface area contributed by atoms with Crippen molar-refractivity contribution in [2.75, 3.05) is 0 Å². The van der Waals surface area contributed by atoms with Crippen molar-refractivity contribution in [1.82, 2.24) is 5.32 Å². The van der Waals surface area contributed by atoms with Gasteiger partial charge in [0.1, 0.15) is 6.04 Å². The zero-order chi connectivity index (χ0) is 15.3. The van der Waals surface area contributed by atoms with Crippen LogP contribution in [0.4, 0.5) is 0 Å². The van der Waals surface area contributed by atoms with E-state index < -0.39 is 29.4 Å². The largest absolute Gasteiger partial charge is 0.480 e. The van der Waals surface area contributed by atoms with Crippen molar-refractivity contribution in [2.24, 2.45) is 11.1 Å². The molecule has 20 heavy (non-hydrogen) atoms. The number of rotatable bonds is 5. The SMILES string of the molecule is CC(C)(C)[C@H](NC(=O)[C@@H](N)Cc1ccccc1)C(=O)O. The van der Waals surface area contributed by atoms with Gasteiger partial charge in [-0.05, 0) is 17.4 Å². The maximum absolute atomic E-state index is 12.0. The van der Waals surface area contributed by atoms with Gasteiger partial charge in [0, 0.05) is 0 Å². The number of nitrogens with two attached hydrogens (primary N) is 1. The van der Waals surface area contributed by atoms with Crippen LogP contribution in [-0.4, -0.2) is 29.1 Å². The summed E-state index contributed by atoms with van der Waals surface area (Å²) in [6.07, 6.45) is 0.378. The zero-order valence-electron chi connectivity index (χ0n) is 12.1. The Morgan fingerprint density at radius 2 is 1.80 bits per heavy atom. The molecule has 0 aliphatic heterocycles. The van der Waals surface area contributed by atoms with Gasteiger partial charge in [-0.25, -0.2) is 4.79 Å². The summed E-state index contributed by atoms with van der Waals surface area (Å²) in [6.45, 7) is 5.28. The molecule has 4 N–H and O–H groups in total. The van der Waals surface area contributed by atoms with E-state index >= 15 is 0 Å². The van der Waals surface area contributed by atoms with E-state index in [9.17, 15) is 14.7 Å². The molecule has 5 heteroatoms. The van der Waals surface area contributed by atoms with E-state index in [2.05, 4.69) is 5.32 Å². The third-order valence-corrected chi connectivity index (χ3v) is 3.03. The highest BCUT2D eigenvalue weighted by atomic mass is 16.4. The molecule has 0 spiro atoms. The number of hydrogen-bond acceptors (Lipinski definition) is 3. The molecule has 0 saturated carbocycles. The molecule has 110 valence electrons. The van der Waals surface area contributed by atoms with Gasteiger partial charge in [-0.2, -0.15) is 0 Å². The maximum atomic E-state index is 12.0. The predicted octanol–water partition coefficient (Wildman–Crippen LogP) is 1.17. The highest BCUT2D eigenvalue weighted by Crippen LogP contribution is 2.19. The summed E-state index contributed by atoms with van der Waals surface area (Å²) in [7, 11) is 0. The van der Waals surface area contributed by atoms with Crippen molar-refractivity contribution >= 4 is 11.9 Å². The molecule has 0 aliphatic rings. The first-order chi connectivity index (χ1) is 9.21. The number of hydrogen-bond donors (Lipinski definition) is 3. The fourth-order valence-corrected chi connectivity index (χ4v) is 1.86. The second kappa shape index (κ2) is 6.52. The number of carboxylic acid groups (broad SMARTS) is 1. The summed E-state index contributed by atoms with van der Waals surface area (Å²) in [5.41, 5.74) is 6.20. The van der Waals surface area contributed by atoms with Gasteiger partial charge in [0.15, 0.2) is 0 Å². The number of amides is 1. The number of carboxylic acids is 1. The van der Waals surface area contributed by atoms with Crippen molar-refractivity contribution in [3.8, 4) is 0 Å². The molecule has 2 atom stereocenters. The lowest BCUT2D eigenvalue weighted by Crippen LogP contribution is -2.54. The lowest BCUT2D eigenvalue weighted by Gasteiger charge is -2.28. The molecule has 0 heterocycles. The molecular formula is C15H22N2O3. The second-order valence-corrected chi connectivity index (χ2v) is 5.94. The van der Waals surface area contributed by atoms with Gasteiger partial charge in [-0.1, -0.05) is 51.1 Å². The fourth-order valence-electron chi connectivity index (χ4n) is 1.86. The van der Waals surface area contributed by atoms with Crippen LogP contribution in [0.25, 0.3) is 0 Å². The van der Waals surface area contributed by atoms with Gasteiger partial charge < -0.3 is 16.2 Å². The van der Waals surface area contributed by atoms with E-state index in [4.69, 9.17) is 5.73 Å². The summed E-state index contributed by atoms with van der Waals surface area (Å²) in [6, 6.07) is 7.66. The van der Waals surface area contributed by atoms with Crippen molar-refractivity contribution in [2.45, 2.75) is 39.3 Å². The molecule has 0 unspecified atom stereocenters. The van der Waals surface area contributed by atoms with Crippen LogP contribution in [0.15, 0.2) is 30.3 Å². The van der Waals surface area contributed by atoms with E-state index in [1.165, 1.54) is 0 Å². The minimum Gasteiger partial charge on any atom is -0.480 e. The minimum atomic E-state index is -1.06. The number of aliphatic carboxylic acids is 1. The van der Waals surface area contributed by atoms with E-state index in [-0.39, 0.29) is 0 Å². The van der Waals surface area contributed by atoms with Crippen molar-refractivity contribution in [1.29, 1.82) is 0 Å². The Kier molecular flexibility index (Phi) is 5.27. The average Bonchev–Trinajstić information content (AvgIpc) is 2.34. The molecule has 0 fully saturated rings. The van der Waals surface area contributed by atoms with Crippen LogP contribution in [0, 0.1) is 5.41 Å². The number of nitrogens with one attached hydrogen (secondary N) is 1. The van der Waals surface area contributed by atoms with Crippen LogP contribution in [0.2, 0.25) is 0 Å². The smallest absolute Gasteiger partial charge is 0.326 e. The fraction of sp³-hybridized carbons (Fsp3) is 0.467. The quantitative estimate of drug-likeness (QED) is 0.754. The Morgan fingerprint density at radius 1 is 1.25 bits per heavy atom. The maximum Gasteiger partial charge on any atom is 0.326 e. The predicted molar refractivity (Wildman–Crippen MR) is 77.1 cm³/mol. The molecule has 1 aromatic carbocycles. The lowest BCUT2D eigenvalue weighted by atomic mass is 9.86. The molecule has 0 bridgehead atoms. The normalized spacial score (nSPS) is 14.4. The highest BCUT2D eigenvalue weighted by Gasteiger charge is 2.33. The first kappa shape index (κ1) is 16.2. The molecule has 1 amide bonds. The van der Waals surface area contributed by atoms with Crippen LogP contribution in [0.3, 0.4) is 0 Å². The first-order valence-electron chi connectivity index (χ1n) is 6.54. The Labute approximate surface area is 119 Å². The molecule has 1 aromatic rings. The zero-order valence-corrected chi connectivity index (χ0v) is 12.1. The molecule has 0 aliphatic carbocycles. The van der Waals surface area contributed by atoms with E-state index in [0.29, 0.717) is 6.42 Å². The highest BCUT2D eigenvalue weighted by molar-refractivity contribution is 5.87. The Hall–Kier alpha value is -1.88. The van der Waals surface area contributed by atoms with E-state index in [1.54, 1.807) is 20.8 Å². The van der Waals surface area contributed by atoms with Crippen LogP contribution >= 0.6 is 0 Å². The summed E-state index contributed by atoms with van der Waals surface area (Å²) in [5.74, 6) is -1.51. The van der Waals surface area contributed by atoms with Gasteiger partial charge in [0.05, 0.1) is 6.04 Å². The molecule has 0 aromatic heterocycles. The standard InChI is InChI=1S/C15H22N2O3/c1-15(2,3)12(14(19)20)17-13(18)11(16)9-10-7-5-4-6-8-10/h4-8,11-12H,9,16H2,1-3H3,(H,17,18)(H,19,20)/t11-,12+/m0/s1. The van der Waals surface area contributed by atoms with Gasteiger partial charge in [0.2, 0.25) is 5.91 Å². The van der Waals surface area contributed by atoms with Crippen molar-refractivity contribution in [3.05, 3.63) is 35.9 Å². The summed E-state index contributed by atoms with van der Waals surface area (Å²) in [4.78, 5) is 23.2. The summed E-state index contributed by atoms with van der Waals surface area (Å²) >= 11 is 0. The van der Waals surface area contributed by atoms with E-state index in [1.807, 2.05) is 30.3 Å². The van der Waals surface area contributed by atoms with Gasteiger partial charge in [0.25, 0.3) is 0 Å². The number of carbonyl (C=O) groups excluding carboxylic acids is 1. The monoisotopic (exact) mass is 278 g/mol. The van der Waals surface area contributed by atoms with Crippen LogP contribution in [-0.2, 0) is 16.0 Å². The van der Waals surface area contributed by atoms with Gasteiger partial charge >= 0.3 is 5.97 Å².